The van der Waals surface area contributed by atoms with Crippen molar-refractivity contribution < 1.29 is 19.5 Å². The Morgan fingerprint density at radius 1 is 1.20 bits per heavy atom. The number of carbonyl (C=O) groups is 3. The minimum absolute atomic E-state index is 0.0384. The SMILES string of the molecule is C=CCN(C)C(=O)[C@H]1[C@H]2C(=O)N(CCO)C(C(=O)N(CC=C)c3ccc(Cl)cc3)C23CC[C@]1(C)S3. The van der Waals surface area contributed by atoms with Crippen molar-refractivity contribution >= 4 is 46.8 Å². The van der Waals surface area contributed by atoms with Crippen LogP contribution in [0.25, 0.3) is 0 Å². The highest BCUT2D eigenvalue weighted by atomic mass is 35.5. The smallest absolute Gasteiger partial charge is 0.251 e. The van der Waals surface area contributed by atoms with Crippen molar-refractivity contribution in [1.82, 2.24) is 9.80 Å². The molecular formula is C26H32ClN3O4S. The molecule has 3 heterocycles. The van der Waals surface area contributed by atoms with E-state index in [2.05, 4.69) is 13.2 Å². The largest absolute Gasteiger partial charge is 0.395 e. The van der Waals surface area contributed by atoms with Gasteiger partial charge in [0.25, 0.3) is 5.91 Å². The number of rotatable bonds is 9. The third kappa shape index (κ3) is 3.99. The zero-order valence-corrected chi connectivity index (χ0v) is 21.7. The summed E-state index contributed by atoms with van der Waals surface area (Å²) in [6.07, 6.45) is 4.70. The lowest BCUT2D eigenvalue weighted by Crippen LogP contribution is -2.55. The molecule has 0 radical (unpaired) electrons. The van der Waals surface area contributed by atoms with Gasteiger partial charge in [0.05, 0.1) is 23.2 Å². The van der Waals surface area contributed by atoms with Crippen LogP contribution in [0.5, 0.6) is 0 Å². The van der Waals surface area contributed by atoms with Crippen molar-refractivity contribution in [3.8, 4) is 0 Å². The predicted octanol–water partition coefficient (Wildman–Crippen LogP) is 2.98. The molecule has 2 bridgehead atoms. The molecule has 5 atom stereocenters. The van der Waals surface area contributed by atoms with Gasteiger partial charge < -0.3 is 19.8 Å². The van der Waals surface area contributed by atoms with E-state index in [0.717, 1.165) is 6.42 Å². The van der Waals surface area contributed by atoms with E-state index >= 15 is 0 Å². The Labute approximate surface area is 215 Å². The molecule has 3 fully saturated rings. The zero-order valence-electron chi connectivity index (χ0n) is 20.2. The number of carbonyl (C=O) groups excluding carboxylic acids is 3. The van der Waals surface area contributed by atoms with Gasteiger partial charge in [-0.2, -0.15) is 0 Å². The fourth-order valence-corrected chi connectivity index (χ4v) is 8.64. The molecule has 1 aromatic rings. The molecule has 1 aromatic carbocycles. The third-order valence-electron chi connectivity index (χ3n) is 7.61. The van der Waals surface area contributed by atoms with E-state index < -0.39 is 27.4 Å². The molecule has 3 aliphatic heterocycles. The second kappa shape index (κ2) is 9.64. The monoisotopic (exact) mass is 517 g/mol. The Kier molecular flexibility index (Phi) is 7.10. The van der Waals surface area contributed by atoms with Crippen LogP contribution in [0, 0.1) is 11.8 Å². The molecule has 3 amide bonds. The first-order valence-corrected chi connectivity index (χ1v) is 13.0. The molecule has 1 spiro atoms. The molecule has 2 unspecified atom stereocenters. The standard InChI is InChI=1S/C26H32ClN3O4S/c1-5-13-28(4)22(32)19-20-23(33)30(15-16-31)21(26(20)12-11-25(19,3)35-26)24(34)29(14-6-2)18-9-7-17(27)8-10-18/h5-10,19-21,31H,1-2,11-16H2,3-4H3/t19-,20+,21?,25+,26?/m1/s1. The third-order valence-corrected chi connectivity index (χ3v) is 9.85. The number of aliphatic hydroxyl groups is 1. The first-order chi connectivity index (χ1) is 16.6. The number of nitrogens with zero attached hydrogens (tertiary/aromatic N) is 3. The van der Waals surface area contributed by atoms with Crippen LogP contribution >= 0.6 is 23.4 Å². The summed E-state index contributed by atoms with van der Waals surface area (Å²) < 4.78 is -1.18. The second-order valence-electron chi connectivity index (χ2n) is 9.70. The summed E-state index contributed by atoms with van der Waals surface area (Å²) in [5.74, 6) is -1.73. The zero-order chi connectivity index (χ0) is 25.5. The molecule has 7 nitrogen and oxygen atoms in total. The molecule has 3 aliphatic rings. The lowest BCUT2D eigenvalue weighted by atomic mass is 9.66. The lowest BCUT2D eigenvalue weighted by Gasteiger charge is -2.37. The number of anilines is 1. The number of hydrogen-bond donors (Lipinski definition) is 1. The lowest BCUT2D eigenvalue weighted by molar-refractivity contribution is -0.144. The Morgan fingerprint density at radius 2 is 1.86 bits per heavy atom. The molecule has 0 aromatic heterocycles. The predicted molar refractivity (Wildman–Crippen MR) is 139 cm³/mol. The Morgan fingerprint density at radius 3 is 2.46 bits per heavy atom. The van der Waals surface area contributed by atoms with Crippen LogP contribution in [0.15, 0.2) is 49.6 Å². The van der Waals surface area contributed by atoms with Gasteiger partial charge in [-0.3, -0.25) is 14.4 Å². The van der Waals surface area contributed by atoms with E-state index in [0.29, 0.717) is 23.7 Å². The second-order valence-corrected chi connectivity index (χ2v) is 12.0. The highest BCUT2D eigenvalue weighted by molar-refractivity contribution is 8.02. The van der Waals surface area contributed by atoms with Crippen LogP contribution in [0.2, 0.25) is 5.02 Å². The summed E-state index contributed by atoms with van der Waals surface area (Å²) in [4.78, 5) is 46.4. The van der Waals surface area contributed by atoms with Crippen LogP contribution in [0.4, 0.5) is 5.69 Å². The van der Waals surface area contributed by atoms with Gasteiger partial charge in [-0.05, 0) is 44.0 Å². The summed E-state index contributed by atoms with van der Waals surface area (Å²) in [7, 11) is 1.72. The first-order valence-electron chi connectivity index (χ1n) is 11.8. The maximum atomic E-state index is 14.2. The number of β-amino-alcohol motifs (C(OH)–C–C–N with tert-alkyl or cyclic N) is 1. The maximum Gasteiger partial charge on any atom is 0.251 e. The maximum absolute atomic E-state index is 14.2. The Balaban J connectivity index is 1.78. The summed E-state index contributed by atoms with van der Waals surface area (Å²) >= 11 is 7.68. The highest BCUT2D eigenvalue weighted by Crippen LogP contribution is 2.71. The molecule has 0 saturated carbocycles. The number of benzene rings is 1. The Bertz CT molecular complexity index is 1050. The van der Waals surface area contributed by atoms with E-state index in [4.69, 9.17) is 11.6 Å². The Hall–Kier alpha value is -2.29. The van der Waals surface area contributed by atoms with Crippen molar-refractivity contribution in [3.05, 3.63) is 54.6 Å². The van der Waals surface area contributed by atoms with Crippen LogP contribution in [-0.4, -0.2) is 81.5 Å². The van der Waals surface area contributed by atoms with Crippen molar-refractivity contribution in [2.75, 3.05) is 38.2 Å². The van der Waals surface area contributed by atoms with Crippen LogP contribution in [0.1, 0.15) is 19.8 Å². The summed E-state index contributed by atoms with van der Waals surface area (Å²) in [6.45, 7) is 10.00. The van der Waals surface area contributed by atoms with Gasteiger partial charge in [-0.25, -0.2) is 0 Å². The van der Waals surface area contributed by atoms with Gasteiger partial charge in [-0.15, -0.1) is 24.9 Å². The van der Waals surface area contributed by atoms with Crippen LogP contribution in [-0.2, 0) is 14.4 Å². The summed E-state index contributed by atoms with van der Waals surface area (Å²) in [5.41, 5.74) is 0.651. The van der Waals surface area contributed by atoms with Gasteiger partial charge in [0.15, 0.2) is 0 Å². The van der Waals surface area contributed by atoms with E-state index in [9.17, 15) is 19.5 Å². The van der Waals surface area contributed by atoms with Gasteiger partial charge in [-0.1, -0.05) is 23.8 Å². The number of aliphatic hydroxyl groups excluding tert-OH is 1. The number of halogens is 1. The van der Waals surface area contributed by atoms with E-state index in [1.165, 1.54) is 4.90 Å². The van der Waals surface area contributed by atoms with Gasteiger partial charge in [0.2, 0.25) is 11.8 Å². The summed E-state index contributed by atoms with van der Waals surface area (Å²) in [5, 5.41) is 10.4. The number of thioether (sulfide) groups is 1. The number of amides is 3. The fourth-order valence-electron chi connectivity index (χ4n) is 6.17. The van der Waals surface area contributed by atoms with Crippen molar-refractivity contribution in [2.24, 2.45) is 11.8 Å². The van der Waals surface area contributed by atoms with Crippen LogP contribution < -0.4 is 4.90 Å². The number of likely N-dealkylation sites (tertiary alicyclic amines) is 1. The van der Waals surface area contributed by atoms with Gasteiger partial charge in [0.1, 0.15) is 6.04 Å². The molecule has 3 saturated heterocycles. The molecule has 188 valence electrons. The molecule has 9 heteroatoms. The van der Waals surface area contributed by atoms with E-state index in [1.54, 1.807) is 65.0 Å². The highest BCUT2D eigenvalue weighted by Gasteiger charge is 2.77. The average molecular weight is 518 g/mol. The van der Waals surface area contributed by atoms with Crippen molar-refractivity contribution in [2.45, 2.75) is 35.3 Å². The van der Waals surface area contributed by atoms with Gasteiger partial charge >= 0.3 is 0 Å². The summed E-state index contributed by atoms with van der Waals surface area (Å²) in [6, 6.07) is 6.17. The minimum Gasteiger partial charge on any atom is -0.395 e. The van der Waals surface area contributed by atoms with E-state index in [1.807, 2.05) is 6.92 Å². The van der Waals surface area contributed by atoms with Crippen molar-refractivity contribution in [1.29, 1.82) is 0 Å². The molecule has 1 N–H and O–H groups in total. The molecule has 35 heavy (non-hydrogen) atoms. The quantitative estimate of drug-likeness (QED) is 0.509. The molecule has 0 aliphatic carbocycles. The number of fused-ring (bicyclic) bond motifs is 1. The topological polar surface area (TPSA) is 81.2 Å². The first kappa shape index (κ1) is 25.8. The minimum atomic E-state index is -0.794. The van der Waals surface area contributed by atoms with Crippen LogP contribution in [0.3, 0.4) is 0 Å². The van der Waals surface area contributed by atoms with E-state index in [-0.39, 0.29) is 37.4 Å². The van der Waals surface area contributed by atoms with Crippen molar-refractivity contribution in [3.63, 3.8) is 0 Å². The normalized spacial score (nSPS) is 30.8. The number of likely N-dealkylation sites (N-methyl/N-ethyl adjacent to an activating group) is 1. The van der Waals surface area contributed by atoms with Gasteiger partial charge in [0, 0.05) is 42.1 Å². The average Bonchev–Trinajstić information content (AvgIpc) is 3.39. The molecular weight excluding hydrogens is 486 g/mol. The number of hydrogen-bond acceptors (Lipinski definition) is 5. The molecule has 4 rings (SSSR count). The fraction of sp³-hybridized carbons (Fsp3) is 0.500.